The third kappa shape index (κ3) is 3.77. The van der Waals surface area contributed by atoms with Gasteiger partial charge in [-0.05, 0) is 38.1 Å². The van der Waals surface area contributed by atoms with Gasteiger partial charge in [-0.2, -0.15) is 0 Å². The quantitative estimate of drug-likeness (QED) is 0.752. The molecule has 3 nitrogen and oxygen atoms in total. The van der Waals surface area contributed by atoms with Crippen LogP contribution in [0.15, 0.2) is 30.4 Å². The van der Waals surface area contributed by atoms with Crippen molar-refractivity contribution in [3.63, 3.8) is 0 Å². The molecule has 0 spiro atoms. The van der Waals surface area contributed by atoms with Crippen molar-refractivity contribution in [3.8, 4) is 11.5 Å². The minimum atomic E-state index is 0.206. The lowest BCUT2D eigenvalue weighted by Gasteiger charge is -2.21. The van der Waals surface area contributed by atoms with E-state index < -0.39 is 0 Å². The molecule has 0 heterocycles. The highest BCUT2D eigenvalue weighted by atomic mass is 16.5. The zero-order valence-corrected chi connectivity index (χ0v) is 11.7. The predicted molar refractivity (Wildman–Crippen MR) is 75.4 cm³/mol. The Bertz CT molecular complexity index is 401. The molecule has 100 valence electrons. The van der Waals surface area contributed by atoms with Crippen LogP contribution in [0.2, 0.25) is 0 Å². The van der Waals surface area contributed by atoms with E-state index in [1.165, 1.54) is 0 Å². The molecule has 3 heteroatoms. The molecule has 1 atom stereocenters. The summed E-state index contributed by atoms with van der Waals surface area (Å²) in [6.07, 6.45) is 0.886. The fourth-order valence-corrected chi connectivity index (χ4v) is 2.00. The summed E-state index contributed by atoms with van der Waals surface area (Å²) >= 11 is 0. The normalized spacial score (nSPS) is 12.0. The van der Waals surface area contributed by atoms with Gasteiger partial charge in [0.25, 0.3) is 0 Å². The molecule has 0 radical (unpaired) electrons. The number of nitrogens with one attached hydrogen (secondary N) is 1. The van der Waals surface area contributed by atoms with Crippen LogP contribution < -0.4 is 14.8 Å². The highest BCUT2D eigenvalue weighted by molar-refractivity contribution is 5.42. The topological polar surface area (TPSA) is 30.5 Å². The van der Waals surface area contributed by atoms with Crippen molar-refractivity contribution in [1.82, 2.24) is 5.32 Å². The van der Waals surface area contributed by atoms with Crippen LogP contribution in [0.1, 0.15) is 31.9 Å². The van der Waals surface area contributed by atoms with Crippen LogP contribution in [0.3, 0.4) is 0 Å². The maximum atomic E-state index is 5.43. The minimum absolute atomic E-state index is 0.206. The second-order valence-electron chi connectivity index (χ2n) is 4.38. The first-order valence-electron chi connectivity index (χ1n) is 6.22. The third-order valence-electron chi connectivity index (χ3n) is 2.82. The summed E-state index contributed by atoms with van der Waals surface area (Å²) in [6.45, 7) is 9.02. The fraction of sp³-hybridized carbons (Fsp3) is 0.467. The van der Waals surface area contributed by atoms with E-state index in [2.05, 4.69) is 18.8 Å². The van der Waals surface area contributed by atoms with Crippen LogP contribution in [0, 0.1) is 0 Å². The summed E-state index contributed by atoms with van der Waals surface area (Å²) in [5.74, 6) is 1.72. The van der Waals surface area contributed by atoms with E-state index in [-0.39, 0.29) is 6.04 Å². The molecule has 18 heavy (non-hydrogen) atoms. The van der Waals surface area contributed by atoms with E-state index in [1.54, 1.807) is 14.2 Å². The molecule has 0 aliphatic rings. The van der Waals surface area contributed by atoms with Gasteiger partial charge >= 0.3 is 0 Å². The van der Waals surface area contributed by atoms with E-state index >= 15 is 0 Å². The van der Waals surface area contributed by atoms with Gasteiger partial charge in [0, 0.05) is 11.6 Å². The number of rotatable bonds is 7. The van der Waals surface area contributed by atoms with Gasteiger partial charge in [0.05, 0.1) is 14.2 Å². The number of hydrogen-bond donors (Lipinski definition) is 1. The van der Waals surface area contributed by atoms with Crippen LogP contribution in [0.4, 0.5) is 0 Å². The van der Waals surface area contributed by atoms with E-state index in [0.29, 0.717) is 0 Å². The number of benzene rings is 1. The van der Waals surface area contributed by atoms with E-state index in [9.17, 15) is 0 Å². The van der Waals surface area contributed by atoms with Crippen LogP contribution in [0.25, 0.3) is 0 Å². The SMILES string of the molecule is C=C(C)CC(NCC)c1cc(OC)ccc1OC. The van der Waals surface area contributed by atoms with Crippen molar-refractivity contribution < 1.29 is 9.47 Å². The van der Waals surface area contributed by atoms with Crippen molar-refractivity contribution in [2.45, 2.75) is 26.3 Å². The monoisotopic (exact) mass is 249 g/mol. The summed E-state index contributed by atoms with van der Waals surface area (Å²) in [5.41, 5.74) is 2.26. The number of methoxy groups -OCH3 is 2. The molecule has 1 aromatic carbocycles. The molecular formula is C15H23NO2. The molecule has 1 rings (SSSR count). The van der Waals surface area contributed by atoms with E-state index in [4.69, 9.17) is 9.47 Å². The third-order valence-corrected chi connectivity index (χ3v) is 2.82. The summed E-state index contributed by atoms with van der Waals surface area (Å²) < 4.78 is 10.7. The average Bonchev–Trinajstić information content (AvgIpc) is 2.37. The Morgan fingerprint density at radius 1 is 1.33 bits per heavy atom. The highest BCUT2D eigenvalue weighted by Gasteiger charge is 2.16. The lowest BCUT2D eigenvalue weighted by molar-refractivity contribution is 0.389. The Morgan fingerprint density at radius 3 is 2.56 bits per heavy atom. The van der Waals surface area contributed by atoms with Gasteiger partial charge in [0.1, 0.15) is 11.5 Å². The zero-order valence-electron chi connectivity index (χ0n) is 11.7. The first-order chi connectivity index (χ1) is 8.62. The number of ether oxygens (including phenoxy) is 2. The van der Waals surface area contributed by atoms with Gasteiger partial charge in [0.15, 0.2) is 0 Å². The standard InChI is InChI=1S/C15H23NO2/c1-6-16-14(9-11(2)3)13-10-12(17-4)7-8-15(13)18-5/h7-8,10,14,16H,2,6,9H2,1,3-5H3. The van der Waals surface area contributed by atoms with Crippen molar-refractivity contribution >= 4 is 0 Å². The Morgan fingerprint density at radius 2 is 2.06 bits per heavy atom. The molecule has 0 aromatic heterocycles. The van der Waals surface area contributed by atoms with Gasteiger partial charge < -0.3 is 14.8 Å². The maximum Gasteiger partial charge on any atom is 0.123 e. The Kier molecular flexibility index (Phi) is 5.72. The lowest BCUT2D eigenvalue weighted by atomic mass is 9.99. The number of hydrogen-bond acceptors (Lipinski definition) is 3. The average molecular weight is 249 g/mol. The van der Waals surface area contributed by atoms with Gasteiger partial charge in [-0.25, -0.2) is 0 Å². The summed E-state index contributed by atoms with van der Waals surface area (Å²) in [5, 5.41) is 3.46. The highest BCUT2D eigenvalue weighted by Crippen LogP contribution is 2.32. The molecule has 0 saturated heterocycles. The molecule has 0 amide bonds. The first-order valence-corrected chi connectivity index (χ1v) is 6.22. The summed E-state index contributed by atoms with van der Waals surface area (Å²) in [4.78, 5) is 0. The largest absolute Gasteiger partial charge is 0.497 e. The molecule has 1 unspecified atom stereocenters. The lowest BCUT2D eigenvalue weighted by Crippen LogP contribution is -2.21. The van der Waals surface area contributed by atoms with Crippen molar-refractivity contribution in [2.75, 3.05) is 20.8 Å². The molecule has 0 fully saturated rings. The Balaban J connectivity index is 3.10. The minimum Gasteiger partial charge on any atom is -0.497 e. The van der Waals surface area contributed by atoms with Crippen molar-refractivity contribution in [3.05, 3.63) is 35.9 Å². The molecule has 0 aliphatic carbocycles. The van der Waals surface area contributed by atoms with Crippen LogP contribution in [-0.4, -0.2) is 20.8 Å². The second kappa shape index (κ2) is 7.07. The Labute approximate surface area is 110 Å². The van der Waals surface area contributed by atoms with Gasteiger partial charge in [-0.1, -0.05) is 12.5 Å². The zero-order chi connectivity index (χ0) is 13.5. The van der Waals surface area contributed by atoms with Gasteiger partial charge in [-0.15, -0.1) is 6.58 Å². The Hall–Kier alpha value is -1.48. The van der Waals surface area contributed by atoms with Crippen LogP contribution in [-0.2, 0) is 0 Å². The fourth-order valence-electron chi connectivity index (χ4n) is 2.00. The van der Waals surface area contributed by atoms with Gasteiger partial charge in [0.2, 0.25) is 0 Å². The predicted octanol–water partition coefficient (Wildman–Crippen LogP) is 3.32. The summed E-state index contributed by atoms with van der Waals surface area (Å²) in [7, 11) is 3.36. The molecule has 0 aliphatic heterocycles. The van der Waals surface area contributed by atoms with Crippen molar-refractivity contribution in [1.29, 1.82) is 0 Å². The van der Waals surface area contributed by atoms with E-state index in [0.717, 1.165) is 35.6 Å². The van der Waals surface area contributed by atoms with Gasteiger partial charge in [-0.3, -0.25) is 0 Å². The second-order valence-corrected chi connectivity index (χ2v) is 4.38. The molecule has 0 bridgehead atoms. The van der Waals surface area contributed by atoms with Crippen LogP contribution >= 0.6 is 0 Å². The first kappa shape index (κ1) is 14.6. The van der Waals surface area contributed by atoms with Crippen molar-refractivity contribution in [2.24, 2.45) is 0 Å². The summed E-state index contributed by atoms with van der Waals surface area (Å²) in [6, 6.07) is 6.08. The molecular weight excluding hydrogens is 226 g/mol. The smallest absolute Gasteiger partial charge is 0.123 e. The van der Waals surface area contributed by atoms with E-state index in [1.807, 2.05) is 25.1 Å². The maximum absolute atomic E-state index is 5.43. The molecule has 0 saturated carbocycles. The molecule has 1 aromatic rings. The van der Waals surface area contributed by atoms with Crippen LogP contribution in [0.5, 0.6) is 11.5 Å². The molecule has 1 N–H and O–H groups in total.